The molecular formula is C20H19ClN4O5. The number of non-ortho nitro benzene ring substituents is 1. The third-order valence-electron chi connectivity index (χ3n) is 4.70. The third kappa shape index (κ3) is 3.97. The number of aromatic nitrogens is 2. The molecule has 0 bridgehead atoms. The Hall–Kier alpha value is -3.46. The fourth-order valence-electron chi connectivity index (χ4n) is 3.16. The van der Waals surface area contributed by atoms with E-state index < -0.39 is 16.2 Å². The zero-order valence-electron chi connectivity index (χ0n) is 16.4. The second-order valence-corrected chi connectivity index (χ2v) is 7.20. The first-order valence-corrected chi connectivity index (χ1v) is 9.56. The van der Waals surface area contributed by atoms with Crippen LogP contribution in [-0.4, -0.2) is 38.5 Å². The molecule has 0 N–H and O–H groups in total. The molecule has 0 fully saturated rings. The second kappa shape index (κ2) is 8.50. The van der Waals surface area contributed by atoms with Crippen LogP contribution in [0.2, 0.25) is 5.02 Å². The van der Waals surface area contributed by atoms with Crippen molar-refractivity contribution >= 4 is 34.1 Å². The standard InChI is InChI=1S/C20H19ClN4O5/c1-3-10-22(2)18(26)12-23-17-11-13(21)4-9-16(17)19(27)24(20(23)28)14-5-7-15(8-6-14)25(29)30/h4-9,11H,3,10,12H2,1-2H3. The van der Waals surface area contributed by atoms with Crippen LogP contribution in [0.15, 0.2) is 52.1 Å². The minimum atomic E-state index is -0.734. The number of nitro groups is 1. The average molecular weight is 431 g/mol. The van der Waals surface area contributed by atoms with Crippen molar-refractivity contribution in [1.29, 1.82) is 0 Å². The van der Waals surface area contributed by atoms with E-state index in [1.165, 1.54) is 51.9 Å². The molecule has 3 rings (SSSR count). The lowest BCUT2D eigenvalue weighted by molar-refractivity contribution is -0.384. The smallest absolute Gasteiger partial charge is 0.336 e. The van der Waals surface area contributed by atoms with Crippen LogP contribution in [0, 0.1) is 10.1 Å². The van der Waals surface area contributed by atoms with Crippen LogP contribution in [0.4, 0.5) is 5.69 Å². The average Bonchev–Trinajstić information content (AvgIpc) is 2.71. The fourth-order valence-corrected chi connectivity index (χ4v) is 3.33. The Bertz CT molecular complexity index is 1250. The normalized spacial score (nSPS) is 10.9. The molecule has 10 heteroatoms. The van der Waals surface area contributed by atoms with Crippen LogP contribution in [0.1, 0.15) is 13.3 Å². The Balaban J connectivity index is 2.25. The summed E-state index contributed by atoms with van der Waals surface area (Å²) in [6, 6.07) is 9.52. The molecule has 0 spiro atoms. The van der Waals surface area contributed by atoms with Gasteiger partial charge >= 0.3 is 5.69 Å². The Kier molecular flexibility index (Phi) is 6.02. The molecule has 9 nitrogen and oxygen atoms in total. The lowest BCUT2D eigenvalue weighted by Crippen LogP contribution is -2.42. The first-order valence-electron chi connectivity index (χ1n) is 9.18. The van der Waals surface area contributed by atoms with Gasteiger partial charge in [0.15, 0.2) is 0 Å². The summed E-state index contributed by atoms with van der Waals surface area (Å²) in [5, 5.41) is 11.4. The molecule has 0 unspecified atom stereocenters. The highest BCUT2D eigenvalue weighted by molar-refractivity contribution is 6.31. The van der Waals surface area contributed by atoms with Crippen LogP contribution < -0.4 is 11.2 Å². The maximum absolute atomic E-state index is 13.2. The first kappa shape index (κ1) is 21.3. The maximum Gasteiger partial charge on any atom is 0.336 e. The molecule has 156 valence electrons. The number of rotatable bonds is 6. The van der Waals surface area contributed by atoms with Crippen molar-refractivity contribution in [3.63, 3.8) is 0 Å². The molecule has 1 aromatic heterocycles. The highest BCUT2D eigenvalue weighted by Gasteiger charge is 2.19. The number of carbonyl (C=O) groups excluding carboxylic acids is 1. The van der Waals surface area contributed by atoms with E-state index in [-0.39, 0.29) is 34.7 Å². The molecule has 0 radical (unpaired) electrons. The van der Waals surface area contributed by atoms with Crippen molar-refractivity contribution in [1.82, 2.24) is 14.0 Å². The molecular weight excluding hydrogens is 412 g/mol. The molecule has 0 aliphatic heterocycles. The highest BCUT2D eigenvalue weighted by Crippen LogP contribution is 2.18. The quantitative estimate of drug-likeness (QED) is 0.441. The zero-order valence-corrected chi connectivity index (χ0v) is 17.1. The van der Waals surface area contributed by atoms with E-state index in [9.17, 15) is 24.5 Å². The summed E-state index contributed by atoms with van der Waals surface area (Å²) in [5.74, 6) is -0.297. The van der Waals surface area contributed by atoms with Gasteiger partial charge in [-0.1, -0.05) is 18.5 Å². The molecule has 2 aromatic carbocycles. The maximum atomic E-state index is 13.2. The Morgan fingerprint density at radius 1 is 1.17 bits per heavy atom. The van der Waals surface area contributed by atoms with Crippen molar-refractivity contribution in [2.45, 2.75) is 19.9 Å². The molecule has 0 saturated carbocycles. The Morgan fingerprint density at radius 2 is 1.83 bits per heavy atom. The summed E-state index contributed by atoms with van der Waals surface area (Å²) in [5.41, 5.74) is -1.10. The van der Waals surface area contributed by atoms with Gasteiger partial charge < -0.3 is 4.90 Å². The Morgan fingerprint density at radius 3 is 2.43 bits per heavy atom. The predicted octanol–water partition coefficient (Wildman–Crippen LogP) is 2.58. The van der Waals surface area contributed by atoms with E-state index in [1.807, 2.05) is 6.92 Å². The molecule has 30 heavy (non-hydrogen) atoms. The van der Waals surface area contributed by atoms with E-state index in [0.29, 0.717) is 11.6 Å². The number of carbonyl (C=O) groups is 1. The number of benzene rings is 2. The fraction of sp³-hybridized carbons (Fsp3) is 0.250. The SMILES string of the molecule is CCCN(C)C(=O)Cn1c(=O)n(-c2ccc([N+](=O)[O-])cc2)c(=O)c2ccc(Cl)cc21. The van der Waals surface area contributed by atoms with Crippen LogP contribution >= 0.6 is 11.6 Å². The highest BCUT2D eigenvalue weighted by atomic mass is 35.5. The van der Waals surface area contributed by atoms with Crippen molar-refractivity contribution < 1.29 is 9.72 Å². The van der Waals surface area contributed by atoms with Crippen molar-refractivity contribution in [2.24, 2.45) is 0 Å². The lowest BCUT2D eigenvalue weighted by Gasteiger charge is -2.19. The summed E-state index contributed by atoms with van der Waals surface area (Å²) >= 11 is 6.06. The van der Waals surface area contributed by atoms with E-state index >= 15 is 0 Å². The molecule has 1 heterocycles. The van der Waals surface area contributed by atoms with Crippen molar-refractivity contribution in [2.75, 3.05) is 13.6 Å². The van der Waals surface area contributed by atoms with Crippen molar-refractivity contribution in [3.05, 3.63) is 78.4 Å². The summed E-state index contributed by atoms with van der Waals surface area (Å²) in [7, 11) is 1.64. The molecule has 3 aromatic rings. The molecule has 1 amide bonds. The molecule has 0 aliphatic carbocycles. The van der Waals surface area contributed by atoms with E-state index in [4.69, 9.17) is 11.6 Å². The van der Waals surface area contributed by atoms with Gasteiger partial charge in [0.1, 0.15) is 6.54 Å². The molecule has 0 saturated heterocycles. The van der Waals surface area contributed by atoms with Gasteiger partial charge in [-0.25, -0.2) is 9.36 Å². The van der Waals surface area contributed by atoms with Crippen LogP contribution in [0.3, 0.4) is 0 Å². The molecule has 0 atom stereocenters. The zero-order chi connectivity index (χ0) is 22.0. The van der Waals surface area contributed by atoms with Gasteiger partial charge in [0, 0.05) is 30.7 Å². The summed E-state index contributed by atoms with van der Waals surface area (Å²) in [4.78, 5) is 50.7. The topological polar surface area (TPSA) is 107 Å². The monoisotopic (exact) mass is 430 g/mol. The number of nitro benzene ring substituents is 1. The third-order valence-corrected chi connectivity index (χ3v) is 4.94. The van der Waals surface area contributed by atoms with Gasteiger partial charge in [0.05, 0.1) is 21.5 Å². The largest absolute Gasteiger partial charge is 0.344 e. The van der Waals surface area contributed by atoms with E-state index in [2.05, 4.69) is 0 Å². The van der Waals surface area contributed by atoms with Gasteiger partial charge in [-0.15, -0.1) is 0 Å². The van der Waals surface area contributed by atoms with Crippen LogP contribution in [0.25, 0.3) is 16.6 Å². The number of halogens is 1. The van der Waals surface area contributed by atoms with Crippen LogP contribution in [-0.2, 0) is 11.3 Å². The van der Waals surface area contributed by atoms with Gasteiger partial charge in [-0.3, -0.25) is 24.3 Å². The first-order chi connectivity index (χ1) is 14.2. The number of likely N-dealkylation sites (N-methyl/N-ethyl adjacent to an activating group) is 1. The van der Waals surface area contributed by atoms with Crippen molar-refractivity contribution in [3.8, 4) is 5.69 Å². The summed E-state index contributed by atoms with van der Waals surface area (Å²) in [6.07, 6.45) is 0.756. The van der Waals surface area contributed by atoms with E-state index in [1.54, 1.807) is 7.05 Å². The van der Waals surface area contributed by atoms with Crippen LogP contribution in [0.5, 0.6) is 0 Å². The van der Waals surface area contributed by atoms with Gasteiger partial charge in [-0.05, 0) is 36.8 Å². The Labute approximate surface area is 175 Å². The lowest BCUT2D eigenvalue weighted by atomic mass is 10.2. The number of hydrogen-bond donors (Lipinski definition) is 0. The number of hydrogen-bond acceptors (Lipinski definition) is 5. The number of fused-ring (bicyclic) bond motifs is 1. The van der Waals surface area contributed by atoms with Gasteiger partial charge in [-0.2, -0.15) is 0 Å². The summed E-state index contributed by atoms with van der Waals surface area (Å²) in [6.45, 7) is 2.17. The second-order valence-electron chi connectivity index (χ2n) is 6.76. The molecule has 0 aliphatic rings. The predicted molar refractivity (Wildman–Crippen MR) is 113 cm³/mol. The van der Waals surface area contributed by atoms with Gasteiger partial charge in [0.2, 0.25) is 5.91 Å². The van der Waals surface area contributed by atoms with Gasteiger partial charge in [0.25, 0.3) is 11.2 Å². The minimum Gasteiger partial charge on any atom is -0.344 e. The van der Waals surface area contributed by atoms with E-state index in [0.717, 1.165) is 11.0 Å². The minimum absolute atomic E-state index is 0.163. The summed E-state index contributed by atoms with van der Waals surface area (Å²) < 4.78 is 2.09. The number of nitrogens with zero attached hydrogens (tertiary/aromatic N) is 4. The number of amides is 1.